The molecule has 0 amide bonds. The highest BCUT2D eigenvalue weighted by Crippen LogP contribution is 2.45. The molecule has 0 unspecified atom stereocenters. The lowest BCUT2D eigenvalue weighted by atomic mass is 9.91. The first-order valence-corrected chi connectivity index (χ1v) is 26.0. The van der Waals surface area contributed by atoms with Crippen molar-refractivity contribution in [3.05, 3.63) is 292 Å². The quantitative estimate of drug-likeness (QED) is 0.134. The molecule has 1 aromatic heterocycles. The third kappa shape index (κ3) is 9.71. The number of nitrogens with zero attached hydrogens (tertiary/aromatic N) is 9. The van der Waals surface area contributed by atoms with Gasteiger partial charge in [-0.1, -0.05) is 103 Å². The SMILES string of the molecule is [C-]#[N+]c1cc(C#N)cc(-c2cc(-c3cc(C#N)cc(C#N)c3)cc(-c3ccc4c(c3)c3cc(-c5cc(-c6cc(C#N)cc([N+]#[C-])c6)cc(-c6cc([N+]#[C-])cc([N+]#[C-])c6)c5)ccc3n4-c3ccccc3-c3ccccc3-c3ccccc3)c2)c1. The Hall–Kier alpha value is -12.9. The number of fused-ring (bicyclic) bond motifs is 3. The Morgan fingerprint density at radius 1 is 0.265 bits per heavy atom. The zero-order valence-electron chi connectivity index (χ0n) is 43.9. The smallest absolute Gasteiger partial charge is 0.189 e. The molecule has 0 saturated carbocycles. The van der Waals surface area contributed by atoms with Crippen LogP contribution in [-0.2, 0) is 0 Å². The second-order valence-corrected chi connectivity index (χ2v) is 19.8. The van der Waals surface area contributed by atoms with Gasteiger partial charge >= 0.3 is 0 Å². The minimum Gasteiger partial charge on any atom is -0.309 e. The molecule has 9 heteroatoms. The molecular formula is C74H37N9. The summed E-state index contributed by atoms with van der Waals surface area (Å²) in [7, 11) is 0. The molecule has 12 rings (SSSR count). The van der Waals surface area contributed by atoms with Gasteiger partial charge in [-0.15, -0.1) is 0 Å². The molecule has 83 heavy (non-hydrogen) atoms. The van der Waals surface area contributed by atoms with Crippen LogP contribution in [0, 0.1) is 71.6 Å². The van der Waals surface area contributed by atoms with E-state index in [0.717, 1.165) is 94.3 Å². The molecule has 0 aliphatic carbocycles. The lowest BCUT2D eigenvalue weighted by Gasteiger charge is -2.17. The Kier molecular flexibility index (Phi) is 13.2. The van der Waals surface area contributed by atoms with E-state index in [1.807, 2.05) is 60.7 Å². The minimum absolute atomic E-state index is 0.312. The maximum Gasteiger partial charge on any atom is 0.189 e. The first kappa shape index (κ1) is 50.9. The van der Waals surface area contributed by atoms with Crippen molar-refractivity contribution in [1.82, 2.24) is 4.57 Å². The summed E-state index contributed by atoms with van der Waals surface area (Å²) in [6, 6.07) is 81.1. The molecule has 11 aromatic carbocycles. The summed E-state index contributed by atoms with van der Waals surface area (Å²) in [6.07, 6.45) is 0. The highest BCUT2D eigenvalue weighted by atomic mass is 15.0. The van der Waals surface area contributed by atoms with Crippen molar-refractivity contribution in [2.24, 2.45) is 0 Å². The van der Waals surface area contributed by atoms with Gasteiger partial charge in [0.25, 0.3) is 0 Å². The monoisotopic (exact) mass is 1050 g/mol. The maximum atomic E-state index is 10.1. The van der Waals surface area contributed by atoms with E-state index in [1.165, 1.54) is 0 Å². The van der Waals surface area contributed by atoms with E-state index in [0.29, 0.717) is 67.3 Å². The van der Waals surface area contributed by atoms with Gasteiger partial charge in [-0.05, 0) is 205 Å². The fourth-order valence-electron chi connectivity index (χ4n) is 11.0. The number of hydrogen-bond acceptors (Lipinski definition) is 4. The Bertz CT molecular complexity index is 4510. The summed E-state index contributed by atoms with van der Waals surface area (Å²) in [5, 5.41) is 42.1. The lowest BCUT2D eigenvalue weighted by Crippen LogP contribution is -1.98. The van der Waals surface area contributed by atoms with Crippen molar-refractivity contribution >= 4 is 44.6 Å². The van der Waals surface area contributed by atoms with Gasteiger partial charge in [0.2, 0.25) is 0 Å². The van der Waals surface area contributed by atoms with Gasteiger partial charge in [0.15, 0.2) is 22.7 Å². The zero-order chi connectivity index (χ0) is 57.1. The van der Waals surface area contributed by atoms with Crippen LogP contribution in [0.15, 0.2) is 224 Å². The standard InChI is InChI=1S/C74H37N9/c1-79-63-27-48(44-77)25-54(35-63)59-30-56(29-58(33-59)53-23-46(42-75)22-47(24-53)43-76)51-18-20-73-70(39-51)71-40-52(19-21-74(71)83(73)72-17-11-10-16-69(72)68-15-9-8-14-67(68)50-12-6-5-7-13-50)57-31-60(55-26-49(45-78)28-64(36-55)80-2)34-61(32-57)62-37-65(81-3)41-66(38-62)82-4/h5-41H. The molecule has 0 N–H and O–H groups in total. The molecule has 0 aliphatic rings. The predicted octanol–water partition coefficient (Wildman–Crippen LogP) is 19.8. The molecule has 0 bridgehead atoms. The van der Waals surface area contributed by atoms with E-state index in [9.17, 15) is 21.0 Å². The van der Waals surface area contributed by atoms with Crippen LogP contribution in [0.4, 0.5) is 22.7 Å². The van der Waals surface area contributed by atoms with Crippen molar-refractivity contribution in [1.29, 1.82) is 21.0 Å². The van der Waals surface area contributed by atoms with E-state index in [4.69, 9.17) is 26.3 Å². The van der Waals surface area contributed by atoms with Crippen LogP contribution < -0.4 is 0 Å². The van der Waals surface area contributed by atoms with E-state index in [1.54, 1.807) is 72.8 Å². The third-order valence-electron chi connectivity index (χ3n) is 14.8. The van der Waals surface area contributed by atoms with Crippen LogP contribution in [-0.4, -0.2) is 4.57 Å². The molecule has 0 radical (unpaired) electrons. The van der Waals surface area contributed by atoms with E-state index in [-0.39, 0.29) is 0 Å². The lowest BCUT2D eigenvalue weighted by molar-refractivity contribution is 1.18. The Morgan fingerprint density at radius 2 is 0.602 bits per heavy atom. The third-order valence-corrected chi connectivity index (χ3v) is 14.8. The molecule has 1 heterocycles. The number of nitriles is 4. The highest BCUT2D eigenvalue weighted by Gasteiger charge is 2.21. The van der Waals surface area contributed by atoms with Gasteiger partial charge < -0.3 is 4.57 Å². The fraction of sp³-hybridized carbons (Fsp3) is 0. The summed E-state index contributed by atoms with van der Waals surface area (Å²) in [5.74, 6) is 0. The largest absolute Gasteiger partial charge is 0.309 e. The van der Waals surface area contributed by atoms with Gasteiger partial charge in [0.05, 0.1) is 78.4 Å². The Balaban J connectivity index is 1.14. The molecular weight excluding hydrogens is 1010 g/mol. The molecule has 12 aromatic rings. The topological polar surface area (TPSA) is 118 Å². The average molecular weight is 1050 g/mol. The molecule has 0 aliphatic heterocycles. The van der Waals surface area contributed by atoms with Crippen LogP contribution in [0.1, 0.15) is 22.3 Å². The average Bonchev–Trinajstić information content (AvgIpc) is 3.44. The number of rotatable bonds is 9. The number of hydrogen-bond donors (Lipinski definition) is 0. The van der Waals surface area contributed by atoms with Crippen molar-refractivity contribution in [3.63, 3.8) is 0 Å². The van der Waals surface area contributed by atoms with Crippen molar-refractivity contribution in [2.75, 3.05) is 0 Å². The summed E-state index contributed by atoms with van der Waals surface area (Å²) < 4.78 is 2.30. The Labute approximate surface area is 479 Å². The first-order chi connectivity index (χ1) is 40.7. The normalized spacial score (nSPS) is 10.6. The number of aromatic nitrogens is 1. The van der Waals surface area contributed by atoms with Crippen LogP contribution in [0.25, 0.3) is 136 Å². The van der Waals surface area contributed by atoms with Crippen LogP contribution in [0.3, 0.4) is 0 Å². The van der Waals surface area contributed by atoms with Crippen molar-refractivity contribution < 1.29 is 0 Å². The molecule has 9 nitrogen and oxygen atoms in total. The molecule has 0 spiro atoms. The van der Waals surface area contributed by atoms with Crippen molar-refractivity contribution in [3.8, 4) is 119 Å². The Morgan fingerprint density at radius 3 is 1.04 bits per heavy atom. The van der Waals surface area contributed by atoms with Gasteiger partial charge in [-0.2, -0.15) is 21.0 Å². The van der Waals surface area contributed by atoms with E-state index in [2.05, 4.69) is 139 Å². The second kappa shape index (κ2) is 21.5. The first-order valence-electron chi connectivity index (χ1n) is 26.0. The summed E-state index contributed by atoms with van der Waals surface area (Å²) in [5.41, 5.74) is 18.5. The molecule has 0 saturated heterocycles. The minimum atomic E-state index is 0.312. The maximum absolute atomic E-state index is 10.1. The van der Waals surface area contributed by atoms with E-state index < -0.39 is 0 Å². The van der Waals surface area contributed by atoms with Gasteiger partial charge in [0, 0.05) is 27.5 Å². The number of benzene rings is 11. The van der Waals surface area contributed by atoms with Crippen LogP contribution in [0.2, 0.25) is 0 Å². The van der Waals surface area contributed by atoms with Crippen LogP contribution in [0.5, 0.6) is 0 Å². The van der Waals surface area contributed by atoms with Crippen molar-refractivity contribution in [2.45, 2.75) is 0 Å². The zero-order valence-corrected chi connectivity index (χ0v) is 43.9. The van der Waals surface area contributed by atoms with Gasteiger partial charge in [0.1, 0.15) is 0 Å². The highest BCUT2D eigenvalue weighted by molar-refractivity contribution is 6.12. The van der Waals surface area contributed by atoms with Crippen LogP contribution >= 0.6 is 0 Å². The molecule has 0 atom stereocenters. The van der Waals surface area contributed by atoms with Gasteiger partial charge in [-0.25, -0.2) is 19.4 Å². The molecule has 378 valence electrons. The summed E-state index contributed by atoms with van der Waals surface area (Å²) in [6.45, 7) is 31.5. The van der Waals surface area contributed by atoms with Gasteiger partial charge in [-0.3, -0.25) is 0 Å². The predicted molar refractivity (Wildman–Crippen MR) is 328 cm³/mol. The number of para-hydroxylation sites is 1. The fourth-order valence-corrected chi connectivity index (χ4v) is 11.0. The summed E-state index contributed by atoms with van der Waals surface area (Å²) >= 11 is 0. The van der Waals surface area contributed by atoms with E-state index >= 15 is 0 Å². The summed E-state index contributed by atoms with van der Waals surface area (Å²) in [4.78, 5) is 14.8. The molecule has 0 fully saturated rings. The second-order valence-electron chi connectivity index (χ2n) is 19.8.